The van der Waals surface area contributed by atoms with Crippen LogP contribution in [0.4, 0.5) is 39.5 Å². The molecule has 26 heteroatoms. The Kier molecular flexibility index (Phi) is 27.2. The molecule has 0 radical (unpaired) electrons. The van der Waals surface area contributed by atoms with Crippen LogP contribution in [0.5, 0.6) is 11.5 Å². The number of hydrogen-bond donors (Lipinski definition) is 4. The van der Waals surface area contributed by atoms with Gasteiger partial charge >= 0.3 is 12.7 Å². The third-order valence-corrected chi connectivity index (χ3v) is 9.43. The normalized spacial score (nSPS) is 10.6. The molecule has 392 valence electrons. The summed E-state index contributed by atoms with van der Waals surface area (Å²) in [6.45, 7) is 6.19. The first-order valence-corrected chi connectivity index (χ1v) is 21.9. The number of halogens is 12. The molecule has 0 spiro atoms. The Balaban J connectivity index is 0.000000483. The molecule has 4 N–H and O–H groups in total. The van der Waals surface area contributed by atoms with Gasteiger partial charge in [0.15, 0.2) is 11.6 Å². The molecule has 0 heterocycles. The van der Waals surface area contributed by atoms with E-state index in [4.69, 9.17) is 34.8 Å². The maximum atomic E-state index is 13.1. The van der Waals surface area contributed by atoms with Gasteiger partial charge in [0, 0.05) is 51.9 Å². The van der Waals surface area contributed by atoms with E-state index < -0.39 is 88.4 Å². The predicted molar refractivity (Wildman–Crippen MR) is 243 cm³/mol. The van der Waals surface area contributed by atoms with Gasteiger partial charge in [-0.15, -0.1) is 26.3 Å². The first kappa shape index (κ1) is 63.3. The predicted octanol–water partition coefficient (Wildman–Crippen LogP) is 9.30. The molecule has 4 aromatic carbocycles. The van der Waals surface area contributed by atoms with Crippen LogP contribution >= 0.6 is 34.8 Å². The van der Waals surface area contributed by atoms with Crippen molar-refractivity contribution in [2.75, 3.05) is 0 Å². The lowest BCUT2D eigenvalue weighted by Gasteiger charge is -2.12. The molecule has 0 saturated heterocycles. The van der Waals surface area contributed by atoms with Crippen molar-refractivity contribution in [1.29, 1.82) is 0 Å². The molecule has 4 amide bonds. The number of ether oxygens (including phenoxy) is 2. The highest BCUT2D eigenvalue weighted by molar-refractivity contribution is 6.37. The Morgan fingerprint density at radius 3 is 1.06 bits per heavy atom. The lowest BCUT2D eigenvalue weighted by atomic mass is 10.2. The maximum absolute atomic E-state index is 13.1. The number of amides is 4. The molecule has 4 aromatic rings. The second kappa shape index (κ2) is 30.9. The van der Waals surface area contributed by atoms with Crippen LogP contribution in [0.2, 0.25) is 15.1 Å². The van der Waals surface area contributed by atoms with Crippen molar-refractivity contribution in [2.45, 2.75) is 92.3 Å². The number of benzene rings is 4. The van der Waals surface area contributed by atoms with Crippen LogP contribution in [0, 0.1) is 17.5 Å². The van der Waals surface area contributed by atoms with E-state index in [-0.39, 0.29) is 72.5 Å². The van der Waals surface area contributed by atoms with Crippen molar-refractivity contribution in [3.8, 4) is 11.5 Å². The number of carbonyl (C=O) groups excluding carboxylic acids is 8. The number of rotatable bonds is 18. The molecule has 0 aromatic heterocycles. The second-order valence-electron chi connectivity index (χ2n) is 14.0. The molecule has 0 aliphatic heterocycles. The van der Waals surface area contributed by atoms with Crippen LogP contribution < -0.4 is 30.7 Å². The van der Waals surface area contributed by atoms with Gasteiger partial charge in [0.2, 0.25) is 23.1 Å². The zero-order valence-electron chi connectivity index (χ0n) is 38.2. The summed E-state index contributed by atoms with van der Waals surface area (Å²) < 4.78 is 119. The Labute approximate surface area is 420 Å². The van der Waals surface area contributed by atoms with Gasteiger partial charge in [-0.05, 0) is 70.8 Å². The van der Waals surface area contributed by atoms with Gasteiger partial charge in [-0.1, -0.05) is 86.8 Å². The Morgan fingerprint density at radius 1 is 0.403 bits per heavy atom. The maximum Gasteiger partial charge on any atom is 0.573 e. The summed E-state index contributed by atoms with van der Waals surface area (Å²) in [7, 11) is 0. The van der Waals surface area contributed by atoms with E-state index in [1.807, 2.05) is 0 Å². The van der Waals surface area contributed by atoms with Gasteiger partial charge in [-0.2, -0.15) is 0 Å². The van der Waals surface area contributed by atoms with Gasteiger partial charge in [0.05, 0.1) is 15.1 Å². The minimum absolute atomic E-state index is 0.00596. The van der Waals surface area contributed by atoms with Crippen molar-refractivity contribution >= 4 is 81.6 Å². The fraction of sp³-hybridized carbons (Fsp3) is 0.304. The van der Waals surface area contributed by atoms with Crippen molar-refractivity contribution < 1.29 is 87.3 Å². The molecule has 72 heavy (non-hydrogen) atoms. The van der Waals surface area contributed by atoms with Gasteiger partial charge in [-0.3, -0.25) is 38.4 Å². The molecule has 0 aliphatic rings. The average molecular weight is 1090 g/mol. The van der Waals surface area contributed by atoms with Crippen molar-refractivity contribution in [3.05, 3.63) is 128 Å². The summed E-state index contributed by atoms with van der Waals surface area (Å²) in [4.78, 5) is 88.6. The number of nitrogens with one attached hydrogen (secondary N) is 4. The number of Topliss-reactive ketones (excluding diaryl/α,β-unsaturated/α-hetero) is 4. The summed E-state index contributed by atoms with van der Waals surface area (Å²) in [5, 5.41) is 9.14. The Morgan fingerprint density at radius 2 is 0.708 bits per heavy atom. The topological polar surface area (TPSA) is 203 Å². The summed E-state index contributed by atoms with van der Waals surface area (Å²) >= 11 is 16.6. The molecular formula is C46H44Cl3F9N4O10. The second-order valence-corrected chi connectivity index (χ2v) is 15.2. The fourth-order valence-corrected chi connectivity index (χ4v) is 5.26. The summed E-state index contributed by atoms with van der Waals surface area (Å²) in [5.74, 6) is -8.96. The molecule has 0 fully saturated rings. The van der Waals surface area contributed by atoms with E-state index in [1.165, 1.54) is 62.4 Å². The molecule has 0 atom stereocenters. The minimum Gasteiger partial charge on any atom is -0.404 e. The van der Waals surface area contributed by atoms with E-state index in [0.717, 1.165) is 18.2 Å². The number of carbonyl (C=O) groups is 8. The van der Waals surface area contributed by atoms with E-state index in [0.29, 0.717) is 16.7 Å². The quantitative estimate of drug-likeness (QED) is 0.0549. The lowest BCUT2D eigenvalue weighted by molar-refractivity contribution is -0.276. The van der Waals surface area contributed by atoms with Gasteiger partial charge in [0.25, 0.3) is 23.6 Å². The summed E-state index contributed by atoms with van der Waals surface area (Å²) in [6, 6.07) is 14.8. The molecule has 14 nitrogen and oxygen atoms in total. The zero-order chi connectivity index (χ0) is 54.9. The van der Waals surface area contributed by atoms with Crippen molar-refractivity contribution in [2.24, 2.45) is 0 Å². The van der Waals surface area contributed by atoms with Crippen molar-refractivity contribution in [1.82, 2.24) is 21.3 Å². The van der Waals surface area contributed by atoms with Crippen molar-refractivity contribution in [3.63, 3.8) is 0 Å². The van der Waals surface area contributed by atoms with E-state index >= 15 is 0 Å². The van der Waals surface area contributed by atoms with Gasteiger partial charge in [-0.25, -0.2) is 13.2 Å². The van der Waals surface area contributed by atoms with Gasteiger partial charge in [0.1, 0.15) is 17.4 Å². The third-order valence-electron chi connectivity index (χ3n) is 8.52. The van der Waals surface area contributed by atoms with Crippen LogP contribution in [0.1, 0.15) is 75.6 Å². The first-order chi connectivity index (χ1) is 33.5. The van der Waals surface area contributed by atoms with Crippen LogP contribution in [-0.2, 0) is 64.5 Å². The first-order valence-electron chi connectivity index (χ1n) is 20.7. The van der Waals surface area contributed by atoms with Crippen LogP contribution in [-0.4, -0.2) is 59.5 Å². The molecule has 0 bridgehead atoms. The highest BCUT2D eigenvalue weighted by Gasteiger charge is 2.33. The SMILES string of the molecule is CCC(=O)C(=O)NCc1ccc(Cl)c(F)c1.CCC(=O)C(=O)NCc1ccc(Cl)c(OC(F)(F)F)c1.CCC(=O)C(=O)NCc1ccc(F)c(Cl)c1.CCC(=O)C(=O)NCc1ccc(F)c(OC(F)(F)F)c1. The average Bonchev–Trinajstić information content (AvgIpc) is 3.33. The van der Waals surface area contributed by atoms with E-state index in [2.05, 4.69) is 30.7 Å². The molecule has 0 aliphatic carbocycles. The lowest BCUT2D eigenvalue weighted by Crippen LogP contribution is -2.30. The van der Waals surface area contributed by atoms with Gasteiger partial charge < -0.3 is 30.7 Å². The largest absolute Gasteiger partial charge is 0.573 e. The zero-order valence-corrected chi connectivity index (χ0v) is 40.5. The molecule has 0 saturated carbocycles. The molecule has 4 rings (SSSR count). The Bertz CT molecular complexity index is 2390. The standard InChI is InChI=1S/C12H11ClF3NO3.C12H11F4NO3.2C11H11ClFNO2/c2*1-2-9(18)11(19)17-6-7-3-4-8(13)10(5-7)20-12(14,15)16;1-2-10(15)11(16)14-6-7-3-4-9(13)8(12)5-7;1-2-10(15)11(16)14-6-7-3-4-8(12)9(13)5-7/h2*3-5H,2,6H2,1H3,(H,17,19);2*3-5H,2,6H2,1H3,(H,14,16). The number of alkyl halides is 6. The van der Waals surface area contributed by atoms with Crippen LogP contribution in [0.25, 0.3) is 0 Å². The van der Waals surface area contributed by atoms with E-state index in [9.17, 15) is 77.9 Å². The fourth-order valence-electron chi connectivity index (χ4n) is 4.79. The minimum atomic E-state index is -5.01. The number of ketones is 4. The monoisotopic (exact) mass is 1090 g/mol. The van der Waals surface area contributed by atoms with Crippen LogP contribution in [0.15, 0.2) is 72.8 Å². The molecular weight excluding hydrogens is 1050 g/mol. The summed E-state index contributed by atoms with van der Waals surface area (Å²) in [5.41, 5.74) is 1.69. The number of hydrogen-bond acceptors (Lipinski definition) is 10. The smallest absolute Gasteiger partial charge is 0.404 e. The third kappa shape index (κ3) is 24.9. The van der Waals surface area contributed by atoms with E-state index in [1.54, 1.807) is 19.9 Å². The highest BCUT2D eigenvalue weighted by atomic mass is 35.5. The summed E-state index contributed by atoms with van der Waals surface area (Å²) in [6.07, 6.45) is -9.49. The molecule has 0 unspecified atom stereocenters. The highest BCUT2D eigenvalue weighted by Crippen LogP contribution is 2.31. The van der Waals surface area contributed by atoms with Crippen LogP contribution in [0.3, 0.4) is 0 Å². The Hall–Kier alpha value is -6.72.